The van der Waals surface area contributed by atoms with Crippen molar-refractivity contribution in [2.45, 2.75) is 25.1 Å². The normalized spacial score (nSPS) is 12.2. The molecular formula is C19H31BrO8. The summed E-state index contributed by atoms with van der Waals surface area (Å²) in [6.07, 6.45) is 5.04. The van der Waals surface area contributed by atoms with Crippen molar-refractivity contribution in [3.05, 3.63) is 0 Å². The number of carbonyl (C=O) groups is 2. The molecule has 0 spiro atoms. The summed E-state index contributed by atoms with van der Waals surface area (Å²) < 4.78 is 30.3. The van der Waals surface area contributed by atoms with Crippen LogP contribution < -0.4 is 0 Å². The highest BCUT2D eigenvalue weighted by Gasteiger charge is 2.27. The molecule has 1 unspecified atom stereocenters. The maximum absolute atomic E-state index is 11.8. The summed E-state index contributed by atoms with van der Waals surface area (Å²) >= 11 is 3.20. The molecule has 0 aromatic carbocycles. The number of ether oxygens (including phenoxy) is 6. The van der Waals surface area contributed by atoms with E-state index in [0.717, 1.165) is 0 Å². The smallest absolute Gasteiger partial charge is 0.322 e. The molecule has 1 atom stereocenters. The minimum absolute atomic E-state index is 0.0283. The Morgan fingerprint density at radius 3 is 1.82 bits per heavy atom. The Hall–Kier alpha value is -1.18. The number of rotatable bonds is 17. The van der Waals surface area contributed by atoms with Gasteiger partial charge in [0.2, 0.25) is 0 Å². The zero-order chi connectivity index (χ0) is 21.3. The van der Waals surface area contributed by atoms with E-state index in [9.17, 15) is 9.59 Å². The van der Waals surface area contributed by atoms with Gasteiger partial charge in [0.05, 0.1) is 52.2 Å². The van der Waals surface area contributed by atoms with E-state index in [1.165, 1.54) is 0 Å². The summed E-state index contributed by atoms with van der Waals surface area (Å²) in [5, 5.41) is 0. The second-order valence-electron chi connectivity index (χ2n) is 6.23. The second-order valence-corrected chi connectivity index (χ2v) is 8.22. The Morgan fingerprint density at radius 2 is 1.36 bits per heavy atom. The predicted octanol–water partition coefficient (Wildman–Crippen LogP) is 1.58. The molecule has 0 fully saturated rings. The van der Waals surface area contributed by atoms with Crippen LogP contribution in [0.2, 0.25) is 0 Å². The summed E-state index contributed by atoms with van der Waals surface area (Å²) in [6, 6.07) is 0. The van der Waals surface area contributed by atoms with Crippen LogP contribution in [0.15, 0.2) is 0 Å². The van der Waals surface area contributed by atoms with Crippen molar-refractivity contribution >= 4 is 27.9 Å². The molecule has 0 N–H and O–H groups in total. The van der Waals surface area contributed by atoms with Crippen LogP contribution in [0.1, 0.15) is 20.8 Å². The standard InChI is InChI=1S/C19H31BrO8/c1-5-6-23-7-8-24-9-10-25-11-12-26-13-14-27-17(21)16(2)15-28-18(22)19(3,4)20/h1,16H,6-15H2,2-4H3. The number of halogens is 1. The third-order valence-electron chi connectivity index (χ3n) is 3.13. The number of terminal acetylenes is 1. The Labute approximate surface area is 175 Å². The van der Waals surface area contributed by atoms with Gasteiger partial charge >= 0.3 is 11.9 Å². The molecule has 0 bridgehead atoms. The molecule has 0 aliphatic carbocycles. The first-order valence-electron chi connectivity index (χ1n) is 9.06. The minimum Gasteiger partial charge on any atom is -0.464 e. The third kappa shape index (κ3) is 15.8. The van der Waals surface area contributed by atoms with Gasteiger partial charge in [-0.3, -0.25) is 9.59 Å². The van der Waals surface area contributed by atoms with Gasteiger partial charge in [-0.1, -0.05) is 21.9 Å². The lowest BCUT2D eigenvalue weighted by molar-refractivity contribution is -0.156. The average molecular weight is 467 g/mol. The van der Waals surface area contributed by atoms with Crippen molar-refractivity contribution in [1.82, 2.24) is 0 Å². The van der Waals surface area contributed by atoms with Gasteiger partial charge in [0.1, 0.15) is 24.1 Å². The summed E-state index contributed by atoms with van der Waals surface area (Å²) in [6.45, 7) is 8.27. The topological polar surface area (TPSA) is 89.5 Å². The average Bonchev–Trinajstić information content (AvgIpc) is 2.65. The Bertz CT molecular complexity index is 470. The summed E-state index contributed by atoms with van der Waals surface area (Å²) in [5.74, 6) is 0.954. The van der Waals surface area contributed by atoms with Gasteiger partial charge in [0, 0.05) is 0 Å². The molecule has 162 valence electrons. The molecule has 0 saturated heterocycles. The molecule has 0 aromatic heterocycles. The molecule has 0 aliphatic heterocycles. The third-order valence-corrected chi connectivity index (χ3v) is 3.45. The van der Waals surface area contributed by atoms with Crippen molar-refractivity contribution in [2.75, 3.05) is 66.1 Å². The molecule has 9 heteroatoms. The maximum atomic E-state index is 11.8. The molecular weight excluding hydrogens is 436 g/mol. The van der Waals surface area contributed by atoms with Crippen molar-refractivity contribution < 1.29 is 38.0 Å². The largest absolute Gasteiger partial charge is 0.464 e. The van der Waals surface area contributed by atoms with Gasteiger partial charge in [-0.25, -0.2) is 0 Å². The van der Waals surface area contributed by atoms with Crippen molar-refractivity contribution in [2.24, 2.45) is 5.92 Å². The van der Waals surface area contributed by atoms with Crippen LogP contribution >= 0.6 is 15.9 Å². The van der Waals surface area contributed by atoms with Crippen LogP contribution in [0.5, 0.6) is 0 Å². The van der Waals surface area contributed by atoms with Gasteiger partial charge in [-0.05, 0) is 20.8 Å². The van der Waals surface area contributed by atoms with E-state index < -0.39 is 22.2 Å². The fraction of sp³-hybridized carbons (Fsp3) is 0.789. The Balaban J connectivity index is 3.45. The predicted molar refractivity (Wildman–Crippen MR) is 106 cm³/mol. The SMILES string of the molecule is C#CCOCCOCCOCCOCCOC(=O)C(C)COC(=O)C(C)(C)Br. The van der Waals surface area contributed by atoms with E-state index in [-0.39, 0.29) is 26.4 Å². The highest BCUT2D eigenvalue weighted by atomic mass is 79.9. The Kier molecular flexibility index (Phi) is 16.0. The van der Waals surface area contributed by atoms with E-state index in [0.29, 0.717) is 39.6 Å². The van der Waals surface area contributed by atoms with E-state index in [2.05, 4.69) is 21.9 Å². The van der Waals surface area contributed by atoms with E-state index in [1.807, 2.05) is 0 Å². The lowest BCUT2D eigenvalue weighted by Gasteiger charge is -2.17. The molecule has 0 heterocycles. The van der Waals surface area contributed by atoms with Crippen LogP contribution in [-0.4, -0.2) is 82.3 Å². The molecule has 0 aliphatic rings. The monoisotopic (exact) mass is 466 g/mol. The fourth-order valence-corrected chi connectivity index (χ4v) is 1.69. The summed E-state index contributed by atoms with van der Waals surface area (Å²) in [7, 11) is 0. The first kappa shape index (κ1) is 26.8. The zero-order valence-electron chi connectivity index (χ0n) is 16.9. The van der Waals surface area contributed by atoms with Crippen LogP contribution in [-0.2, 0) is 38.0 Å². The quantitative estimate of drug-likeness (QED) is 0.138. The molecule has 0 aromatic rings. The highest BCUT2D eigenvalue weighted by molar-refractivity contribution is 9.10. The van der Waals surface area contributed by atoms with Gasteiger partial charge in [-0.2, -0.15) is 0 Å². The zero-order valence-corrected chi connectivity index (χ0v) is 18.5. The highest BCUT2D eigenvalue weighted by Crippen LogP contribution is 2.18. The van der Waals surface area contributed by atoms with Gasteiger partial charge in [0.25, 0.3) is 0 Å². The number of hydrogen-bond donors (Lipinski definition) is 0. The van der Waals surface area contributed by atoms with Crippen LogP contribution in [0.4, 0.5) is 0 Å². The number of alkyl halides is 1. The van der Waals surface area contributed by atoms with E-state index in [1.54, 1.807) is 20.8 Å². The molecule has 0 saturated carbocycles. The maximum Gasteiger partial charge on any atom is 0.322 e. The Morgan fingerprint density at radius 1 is 0.893 bits per heavy atom. The van der Waals surface area contributed by atoms with E-state index >= 15 is 0 Å². The van der Waals surface area contributed by atoms with Gasteiger partial charge < -0.3 is 28.4 Å². The minimum atomic E-state index is -0.782. The van der Waals surface area contributed by atoms with Crippen LogP contribution in [0.3, 0.4) is 0 Å². The van der Waals surface area contributed by atoms with Crippen molar-refractivity contribution in [3.8, 4) is 12.3 Å². The van der Waals surface area contributed by atoms with E-state index in [4.69, 9.17) is 34.8 Å². The molecule has 0 amide bonds. The summed E-state index contributed by atoms with van der Waals surface area (Å²) in [4.78, 5) is 23.4. The number of esters is 2. The molecule has 28 heavy (non-hydrogen) atoms. The lowest BCUT2D eigenvalue weighted by Crippen LogP contribution is -2.30. The second kappa shape index (κ2) is 16.7. The van der Waals surface area contributed by atoms with Gasteiger partial charge in [0.15, 0.2) is 0 Å². The fourth-order valence-electron chi connectivity index (χ4n) is 1.57. The van der Waals surface area contributed by atoms with Crippen molar-refractivity contribution in [3.63, 3.8) is 0 Å². The summed E-state index contributed by atoms with van der Waals surface area (Å²) in [5.41, 5.74) is 0. The van der Waals surface area contributed by atoms with Crippen LogP contribution in [0.25, 0.3) is 0 Å². The molecule has 8 nitrogen and oxygen atoms in total. The van der Waals surface area contributed by atoms with Crippen molar-refractivity contribution in [1.29, 1.82) is 0 Å². The first-order chi connectivity index (χ1) is 13.3. The first-order valence-corrected chi connectivity index (χ1v) is 9.85. The van der Waals surface area contributed by atoms with Gasteiger partial charge in [-0.15, -0.1) is 6.42 Å². The lowest BCUT2D eigenvalue weighted by atomic mass is 10.2. The number of hydrogen-bond acceptors (Lipinski definition) is 8. The van der Waals surface area contributed by atoms with Crippen LogP contribution in [0, 0.1) is 18.3 Å². The number of carbonyl (C=O) groups excluding carboxylic acids is 2. The molecule has 0 rings (SSSR count). The molecule has 0 radical (unpaired) electrons.